The van der Waals surface area contributed by atoms with Crippen LogP contribution in [0.3, 0.4) is 0 Å². The molecular weight excluding hydrogens is 272 g/mol. The number of nitrogens with zero attached hydrogens (tertiary/aromatic N) is 4. The molecular formula is C13H18N6S. The molecule has 1 fully saturated rings. The second-order valence-corrected chi connectivity index (χ2v) is 5.03. The first-order chi connectivity index (χ1) is 9.79. The van der Waals surface area contributed by atoms with E-state index in [1.54, 1.807) is 6.20 Å². The van der Waals surface area contributed by atoms with E-state index in [0.717, 1.165) is 23.9 Å². The molecule has 2 aromatic heterocycles. The van der Waals surface area contributed by atoms with Crippen LogP contribution in [-0.4, -0.2) is 41.4 Å². The Morgan fingerprint density at radius 3 is 2.55 bits per heavy atom. The molecule has 1 saturated heterocycles. The van der Waals surface area contributed by atoms with Crippen molar-refractivity contribution in [2.75, 3.05) is 19.8 Å². The zero-order chi connectivity index (χ0) is 14.2. The maximum absolute atomic E-state index is 4.26. The first kappa shape index (κ1) is 14.7. The second-order valence-electron chi connectivity index (χ2n) is 4.19. The number of thiazole rings is 1. The maximum Gasteiger partial charge on any atom is 0.209 e. The highest BCUT2D eigenvalue weighted by Crippen LogP contribution is 2.24. The monoisotopic (exact) mass is 290 g/mol. The Morgan fingerprint density at radius 1 is 1.25 bits per heavy atom. The van der Waals surface area contributed by atoms with Crippen molar-refractivity contribution in [3.63, 3.8) is 0 Å². The molecule has 2 N–H and O–H groups in total. The van der Waals surface area contributed by atoms with E-state index in [2.05, 4.69) is 37.3 Å². The summed E-state index contributed by atoms with van der Waals surface area (Å²) >= 11 is 1.45. The standard InChI is InChI=1S/C9H8N4S.C4H10N2/c1-6-11-4-3-7(12-6)8-5-14-9(10-2)13-8;1-2-5-4-6-3-1/h3-5H,2H2,1H3;5-6H,1-4H2. The fraction of sp³-hybridized carbons (Fsp3) is 0.385. The first-order valence-corrected chi connectivity index (χ1v) is 7.31. The summed E-state index contributed by atoms with van der Waals surface area (Å²) in [5, 5.41) is 8.92. The molecule has 0 aliphatic carbocycles. The smallest absolute Gasteiger partial charge is 0.209 e. The van der Waals surface area contributed by atoms with Crippen LogP contribution in [-0.2, 0) is 0 Å². The number of aliphatic imine (C=N–C) groups is 1. The zero-order valence-corrected chi connectivity index (χ0v) is 12.3. The molecule has 0 atom stereocenters. The van der Waals surface area contributed by atoms with Crippen molar-refractivity contribution >= 4 is 23.2 Å². The summed E-state index contributed by atoms with van der Waals surface area (Å²) in [6.07, 6.45) is 3.00. The molecule has 1 aliphatic heterocycles. The summed E-state index contributed by atoms with van der Waals surface area (Å²) < 4.78 is 0. The number of nitrogens with one attached hydrogen (secondary N) is 2. The topological polar surface area (TPSA) is 75.1 Å². The van der Waals surface area contributed by atoms with Gasteiger partial charge in [-0.05, 0) is 39.2 Å². The molecule has 0 amide bonds. The summed E-state index contributed by atoms with van der Waals surface area (Å²) in [5.74, 6) is 0.739. The fourth-order valence-electron chi connectivity index (χ4n) is 1.66. The summed E-state index contributed by atoms with van der Waals surface area (Å²) in [5.41, 5.74) is 1.64. The third kappa shape index (κ3) is 4.44. The van der Waals surface area contributed by atoms with Gasteiger partial charge in [0.25, 0.3) is 0 Å². The molecule has 0 unspecified atom stereocenters. The lowest BCUT2D eigenvalue weighted by Gasteiger charge is -2.11. The normalized spacial score (nSPS) is 14.2. The Hall–Kier alpha value is -1.70. The molecule has 0 saturated carbocycles. The van der Waals surface area contributed by atoms with Crippen LogP contribution < -0.4 is 10.6 Å². The minimum absolute atomic E-state index is 0.663. The quantitative estimate of drug-likeness (QED) is 0.824. The van der Waals surface area contributed by atoms with Crippen LogP contribution in [0.15, 0.2) is 22.6 Å². The average Bonchev–Trinajstić information content (AvgIpc) is 2.99. The summed E-state index contributed by atoms with van der Waals surface area (Å²) in [6.45, 7) is 8.65. The van der Waals surface area contributed by atoms with Crippen molar-refractivity contribution < 1.29 is 0 Å². The van der Waals surface area contributed by atoms with E-state index < -0.39 is 0 Å². The van der Waals surface area contributed by atoms with Gasteiger partial charge in [-0.1, -0.05) is 0 Å². The minimum atomic E-state index is 0.663. The molecule has 6 nitrogen and oxygen atoms in total. The van der Waals surface area contributed by atoms with Gasteiger partial charge in [-0.15, -0.1) is 11.3 Å². The molecule has 106 valence electrons. The molecule has 3 heterocycles. The predicted octanol–water partition coefficient (Wildman–Crippen LogP) is 1.77. The van der Waals surface area contributed by atoms with Crippen LogP contribution in [0.25, 0.3) is 11.4 Å². The van der Waals surface area contributed by atoms with Gasteiger partial charge in [-0.3, -0.25) is 0 Å². The van der Waals surface area contributed by atoms with E-state index in [1.165, 1.54) is 30.8 Å². The molecule has 0 bridgehead atoms. The van der Waals surface area contributed by atoms with Crippen molar-refractivity contribution in [2.24, 2.45) is 4.99 Å². The minimum Gasteiger partial charge on any atom is -0.304 e. The molecule has 3 rings (SSSR count). The van der Waals surface area contributed by atoms with Crippen LogP contribution in [0.4, 0.5) is 5.13 Å². The van der Waals surface area contributed by atoms with Gasteiger partial charge in [0, 0.05) is 18.2 Å². The number of rotatable bonds is 2. The average molecular weight is 290 g/mol. The second kappa shape index (κ2) is 7.78. The van der Waals surface area contributed by atoms with Crippen molar-refractivity contribution in [2.45, 2.75) is 13.3 Å². The zero-order valence-electron chi connectivity index (χ0n) is 11.5. The Bertz CT molecular complexity index is 538. The van der Waals surface area contributed by atoms with Gasteiger partial charge < -0.3 is 10.6 Å². The lowest BCUT2D eigenvalue weighted by atomic mass is 10.3. The SMILES string of the molecule is C1CNCNC1.C=Nc1nc(-c2ccnc(C)n2)cs1. The summed E-state index contributed by atoms with van der Waals surface area (Å²) in [6, 6.07) is 1.83. The largest absolute Gasteiger partial charge is 0.304 e. The van der Waals surface area contributed by atoms with Crippen LogP contribution in [0.5, 0.6) is 0 Å². The number of aryl methyl sites for hydroxylation is 1. The fourth-order valence-corrected chi connectivity index (χ4v) is 2.27. The van der Waals surface area contributed by atoms with Gasteiger partial charge in [-0.2, -0.15) is 0 Å². The van der Waals surface area contributed by atoms with Gasteiger partial charge in [-0.25, -0.2) is 19.9 Å². The van der Waals surface area contributed by atoms with Crippen molar-refractivity contribution in [3.8, 4) is 11.4 Å². The summed E-state index contributed by atoms with van der Waals surface area (Å²) in [4.78, 5) is 16.3. The van der Waals surface area contributed by atoms with Gasteiger partial charge in [0.2, 0.25) is 5.13 Å². The van der Waals surface area contributed by atoms with Gasteiger partial charge in [0.1, 0.15) is 11.5 Å². The van der Waals surface area contributed by atoms with Gasteiger partial charge >= 0.3 is 0 Å². The van der Waals surface area contributed by atoms with Crippen molar-refractivity contribution in [1.82, 2.24) is 25.6 Å². The van der Waals surface area contributed by atoms with E-state index >= 15 is 0 Å². The Labute approximate surface area is 122 Å². The van der Waals surface area contributed by atoms with Gasteiger partial charge in [0.05, 0.1) is 5.69 Å². The van der Waals surface area contributed by atoms with E-state index in [0.29, 0.717) is 5.13 Å². The van der Waals surface area contributed by atoms with Crippen LogP contribution in [0.1, 0.15) is 12.2 Å². The Morgan fingerprint density at radius 2 is 2.05 bits per heavy atom. The third-order valence-corrected chi connectivity index (χ3v) is 3.40. The van der Waals surface area contributed by atoms with Crippen molar-refractivity contribution in [3.05, 3.63) is 23.5 Å². The molecule has 0 spiro atoms. The third-order valence-electron chi connectivity index (χ3n) is 2.62. The maximum atomic E-state index is 4.26. The lowest BCUT2D eigenvalue weighted by molar-refractivity contribution is 0.496. The van der Waals surface area contributed by atoms with Crippen LogP contribution >= 0.6 is 11.3 Å². The van der Waals surface area contributed by atoms with Crippen molar-refractivity contribution in [1.29, 1.82) is 0 Å². The van der Waals surface area contributed by atoms with Crippen LogP contribution in [0, 0.1) is 6.92 Å². The van der Waals surface area contributed by atoms with E-state index in [-0.39, 0.29) is 0 Å². The van der Waals surface area contributed by atoms with Gasteiger partial charge in [0.15, 0.2) is 0 Å². The van der Waals surface area contributed by atoms with E-state index in [4.69, 9.17) is 0 Å². The van der Waals surface area contributed by atoms with Crippen LogP contribution in [0.2, 0.25) is 0 Å². The number of hydrogen-bond donors (Lipinski definition) is 2. The molecule has 1 aliphatic rings. The lowest BCUT2D eigenvalue weighted by Crippen LogP contribution is -2.37. The predicted molar refractivity (Wildman–Crippen MR) is 82.6 cm³/mol. The summed E-state index contributed by atoms with van der Waals surface area (Å²) in [7, 11) is 0. The molecule has 0 radical (unpaired) electrons. The van der Waals surface area contributed by atoms with E-state index in [1.807, 2.05) is 18.4 Å². The molecule has 2 aromatic rings. The number of aromatic nitrogens is 3. The molecule has 7 heteroatoms. The molecule has 20 heavy (non-hydrogen) atoms. The highest BCUT2D eigenvalue weighted by molar-refractivity contribution is 7.13. The first-order valence-electron chi connectivity index (χ1n) is 6.43. The molecule has 0 aromatic carbocycles. The number of hydrogen-bond acceptors (Lipinski definition) is 7. The Kier molecular flexibility index (Phi) is 5.72. The highest BCUT2D eigenvalue weighted by Gasteiger charge is 2.04. The Balaban J connectivity index is 0.000000205. The highest BCUT2D eigenvalue weighted by atomic mass is 32.1. The van der Waals surface area contributed by atoms with E-state index in [9.17, 15) is 0 Å².